The molecule has 2 fully saturated rings. The Morgan fingerprint density at radius 1 is 1.54 bits per heavy atom. The molecular weight excluding hydrogens is 162 g/mol. The number of nitrogen functional groups attached to an aromatic ring is 1. The lowest BCUT2D eigenvalue weighted by Gasteiger charge is -2.06. The summed E-state index contributed by atoms with van der Waals surface area (Å²) < 4.78 is 2.26. The molecule has 0 radical (unpaired) electrons. The Morgan fingerprint density at radius 3 is 2.77 bits per heavy atom. The van der Waals surface area contributed by atoms with Crippen LogP contribution in [0.5, 0.6) is 0 Å². The average Bonchev–Trinajstić information content (AvgIpc) is 2.98. The number of anilines is 1. The summed E-state index contributed by atoms with van der Waals surface area (Å²) in [6, 6.07) is 0.672. The Bertz CT molecular complexity index is 338. The Labute approximate surface area is 78.0 Å². The third kappa shape index (κ3) is 1.06. The first-order valence-electron chi connectivity index (χ1n) is 5.10. The number of hydrogen-bond acceptors (Lipinski definition) is 2. The van der Waals surface area contributed by atoms with Gasteiger partial charge in [0.2, 0.25) is 5.95 Å². The summed E-state index contributed by atoms with van der Waals surface area (Å²) in [7, 11) is 0. The molecule has 0 amide bonds. The van der Waals surface area contributed by atoms with Gasteiger partial charge in [-0.15, -0.1) is 0 Å². The third-order valence-electron chi connectivity index (χ3n) is 3.26. The number of nitrogens with zero attached hydrogens (tertiary/aromatic N) is 2. The molecule has 0 spiro atoms. The summed E-state index contributed by atoms with van der Waals surface area (Å²) in [6.45, 7) is 2.30. The van der Waals surface area contributed by atoms with E-state index in [2.05, 4.69) is 16.5 Å². The van der Waals surface area contributed by atoms with Gasteiger partial charge in [-0.2, -0.15) is 0 Å². The fourth-order valence-electron chi connectivity index (χ4n) is 2.13. The molecule has 3 heteroatoms. The first-order chi connectivity index (χ1) is 6.27. The quantitative estimate of drug-likeness (QED) is 0.750. The number of hydrogen-bond donors (Lipinski definition) is 1. The SMILES string of the molecule is CC1CC1c1cnc(N)n1C1CC1. The highest BCUT2D eigenvalue weighted by molar-refractivity contribution is 5.30. The minimum absolute atomic E-state index is 0.672. The topological polar surface area (TPSA) is 43.8 Å². The molecule has 3 rings (SSSR count). The molecule has 2 aliphatic carbocycles. The number of imidazole rings is 1. The van der Waals surface area contributed by atoms with E-state index in [0.717, 1.165) is 17.8 Å². The fraction of sp³-hybridized carbons (Fsp3) is 0.700. The summed E-state index contributed by atoms with van der Waals surface area (Å²) in [4.78, 5) is 4.21. The summed E-state index contributed by atoms with van der Waals surface area (Å²) in [5.41, 5.74) is 7.23. The van der Waals surface area contributed by atoms with Crippen molar-refractivity contribution in [1.29, 1.82) is 0 Å². The van der Waals surface area contributed by atoms with Crippen LogP contribution in [-0.2, 0) is 0 Å². The van der Waals surface area contributed by atoms with Crippen LogP contribution in [0.1, 0.15) is 43.8 Å². The van der Waals surface area contributed by atoms with E-state index >= 15 is 0 Å². The summed E-state index contributed by atoms with van der Waals surface area (Å²) in [5.74, 6) is 2.30. The standard InChI is InChI=1S/C10H15N3/c1-6-4-8(6)9-5-12-10(11)13(9)7-2-3-7/h5-8H,2-4H2,1H3,(H2,11,12). The number of rotatable bonds is 2. The van der Waals surface area contributed by atoms with Gasteiger partial charge in [0, 0.05) is 17.7 Å². The molecule has 0 aromatic carbocycles. The minimum Gasteiger partial charge on any atom is -0.369 e. The van der Waals surface area contributed by atoms with Crippen LogP contribution < -0.4 is 5.73 Å². The molecule has 70 valence electrons. The smallest absolute Gasteiger partial charge is 0.200 e. The van der Waals surface area contributed by atoms with Crippen LogP contribution in [-0.4, -0.2) is 9.55 Å². The van der Waals surface area contributed by atoms with E-state index in [4.69, 9.17) is 5.73 Å². The molecule has 0 saturated heterocycles. The Hall–Kier alpha value is -0.990. The maximum absolute atomic E-state index is 5.85. The lowest BCUT2D eigenvalue weighted by atomic mass is 10.2. The van der Waals surface area contributed by atoms with Crippen molar-refractivity contribution in [1.82, 2.24) is 9.55 Å². The Morgan fingerprint density at radius 2 is 2.23 bits per heavy atom. The Kier molecular flexibility index (Phi) is 1.30. The van der Waals surface area contributed by atoms with Crippen molar-refractivity contribution in [3.63, 3.8) is 0 Å². The maximum Gasteiger partial charge on any atom is 0.200 e. The zero-order valence-electron chi connectivity index (χ0n) is 7.90. The summed E-state index contributed by atoms with van der Waals surface area (Å²) >= 11 is 0. The van der Waals surface area contributed by atoms with Crippen LogP contribution in [0.4, 0.5) is 5.95 Å². The third-order valence-corrected chi connectivity index (χ3v) is 3.26. The second-order valence-corrected chi connectivity index (χ2v) is 4.46. The molecule has 13 heavy (non-hydrogen) atoms. The lowest BCUT2D eigenvalue weighted by molar-refractivity contribution is 0.694. The summed E-state index contributed by atoms with van der Waals surface area (Å²) in [5, 5.41) is 0. The second kappa shape index (κ2) is 2.28. The predicted octanol–water partition coefficient (Wildman–Crippen LogP) is 1.92. The van der Waals surface area contributed by atoms with Crippen molar-refractivity contribution < 1.29 is 0 Å². The van der Waals surface area contributed by atoms with E-state index in [-0.39, 0.29) is 0 Å². The van der Waals surface area contributed by atoms with Crippen LogP contribution in [0.3, 0.4) is 0 Å². The molecule has 1 aromatic rings. The molecule has 0 aliphatic heterocycles. The van der Waals surface area contributed by atoms with Gasteiger partial charge in [-0.05, 0) is 25.2 Å². The highest BCUT2D eigenvalue weighted by atomic mass is 15.2. The van der Waals surface area contributed by atoms with E-state index in [0.29, 0.717) is 6.04 Å². The molecule has 2 N–H and O–H groups in total. The highest BCUT2D eigenvalue weighted by Gasteiger charge is 2.39. The highest BCUT2D eigenvalue weighted by Crippen LogP contribution is 2.50. The molecule has 2 saturated carbocycles. The number of aromatic nitrogens is 2. The van der Waals surface area contributed by atoms with Gasteiger partial charge in [-0.1, -0.05) is 6.92 Å². The molecule has 0 bridgehead atoms. The van der Waals surface area contributed by atoms with Crippen molar-refractivity contribution in [2.24, 2.45) is 5.92 Å². The van der Waals surface area contributed by atoms with Gasteiger partial charge in [0.05, 0.1) is 6.20 Å². The maximum atomic E-state index is 5.85. The van der Waals surface area contributed by atoms with Gasteiger partial charge in [0.15, 0.2) is 0 Å². The van der Waals surface area contributed by atoms with Crippen molar-refractivity contribution in [2.75, 3.05) is 5.73 Å². The normalized spacial score (nSPS) is 32.1. The molecule has 1 aromatic heterocycles. The first kappa shape index (κ1) is 7.42. The van der Waals surface area contributed by atoms with Crippen LogP contribution in [0.2, 0.25) is 0 Å². The van der Waals surface area contributed by atoms with Gasteiger partial charge in [-0.25, -0.2) is 4.98 Å². The van der Waals surface area contributed by atoms with Crippen molar-refractivity contribution in [3.8, 4) is 0 Å². The molecule has 3 nitrogen and oxygen atoms in total. The first-order valence-corrected chi connectivity index (χ1v) is 5.10. The van der Waals surface area contributed by atoms with E-state index in [1.165, 1.54) is 25.0 Å². The van der Waals surface area contributed by atoms with Crippen molar-refractivity contribution >= 4 is 5.95 Å². The van der Waals surface area contributed by atoms with Crippen LogP contribution >= 0.6 is 0 Å². The number of nitrogens with two attached hydrogens (primary N) is 1. The van der Waals surface area contributed by atoms with Crippen molar-refractivity contribution in [2.45, 2.75) is 38.1 Å². The van der Waals surface area contributed by atoms with Gasteiger partial charge in [-0.3, -0.25) is 0 Å². The largest absolute Gasteiger partial charge is 0.369 e. The second-order valence-electron chi connectivity index (χ2n) is 4.46. The molecular formula is C10H15N3. The average molecular weight is 177 g/mol. The molecule has 2 unspecified atom stereocenters. The minimum atomic E-state index is 0.672. The predicted molar refractivity (Wildman–Crippen MR) is 51.4 cm³/mol. The van der Waals surface area contributed by atoms with Crippen LogP contribution in [0.25, 0.3) is 0 Å². The zero-order chi connectivity index (χ0) is 9.00. The van der Waals surface area contributed by atoms with E-state index in [1.54, 1.807) is 0 Å². The molecule has 1 heterocycles. The fourth-order valence-corrected chi connectivity index (χ4v) is 2.13. The van der Waals surface area contributed by atoms with E-state index < -0.39 is 0 Å². The van der Waals surface area contributed by atoms with E-state index in [1.807, 2.05) is 6.20 Å². The van der Waals surface area contributed by atoms with Gasteiger partial charge in [0.25, 0.3) is 0 Å². The monoisotopic (exact) mass is 177 g/mol. The molecule has 2 atom stereocenters. The van der Waals surface area contributed by atoms with Crippen molar-refractivity contribution in [3.05, 3.63) is 11.9 Å². The van der Waals surface area contributed by atoms with Crippen LogP contribution in [0, 0.1) is 5.92 Å². The van der Waals surface area contributed by atoms with Gasteiger partial charge in [0.1, 0.15) is 0 Å². The zero-order valence-corrected chi connectivity index (χ0v) is 7.90. The Balaban J connectivity index is 1.99. The van der Waals surface area contributed by atoms with Gasteiger partial charge >= 0.3 is 0 Å². The lowest BCUT2D eigenvalue weighted by Crippen LogP contribution is -2.04. The molecule has 2 aliphatic rings. The van der Waals surface area contributed by atoms with Crippen LogP contribution in [0.15, 0.2) is 6.20 Å². The van der Waals surface area contributed by atoms with Gasteiger partial charge < -0.3 is 10.3 Å². The summed E-state index contributed by atoms with van der Waals surface area (Å²) in [6.07, 6.45) is 5.86. The van der Waals surface area contributed by atoms with E-state index in [9.17, 15) is 0 Å².